The number of aldehydes is 1. The number of aromatic nitrogens is 1. The van der Waals surface area contributed by atoms with Gasteiger partial charge in [-0.25, -0.2) is 0 Å². The van der Waals surface area contributed by atoms with Gasteiger partial charge in [-0.2, -0.15) is 0 Å². The van der Waals surface area contributed by atoms with Crippen LogP contribution in [0.4, 0.5) is 0 Å². The molecule has 0 aliphatic carbocycles. The lowest BCUT2D eigenvalue weighted by atomic mass is 10.1. The first-order valence-corrected chi connectivity index (χ1v) is 8.71. The fraction of sp³-hybridized carbons (Fsp3) is 0.190. The lowest BCUT2D eigenvalue weighted by Crippen LogP contribution is -2.19. The summed E-state index contributed by atoms with van der Waals surface area (Å²) in [6.45, 7) is 2.36. The van der Waals surface area contributed by atoms with Crippen molar-refractivity contribution in [3.8, 4) is 0 Å². The van der Waals surface area contributed by atoms with Crippen LogP contribution >= 0.6 is 0 Å². The molecule has 2 heterocycles. The molecular weight excluding hydrogens is 326 g/mol. The van der Waals surface area contributed by atoms with Gasteiger partial charge in [-0.3, -0.25) is 14.6 Å². The summed E-state index contributed by atoms with van der Waals surface area (Å²) < 4.78 is 1.89. The van der Waals surface area contributed by atoms with Crippen LogP contribution in [0.1, 0.15) is 21.6 Å². The number of amidine groups is 1. The summed E-state index contributed by atoms with van der Waals surface area (Å²) in [5.41, 5.74) is 2.74. The van der Waals surface area contributed by atoms with Gasteiger partial charge in [-0.15, -0.1) is 0 Å². The Morgan fingerprint density at radius 1 is 1.15 bits per heavy atom. The van der Waals surface area contributed by atoms with Crippen molar-refractivity contribution in [1.82, 2.24) is 9.88 Å². The van der Waals surface area contributed by atoms with Crippen molar-refractivity contribution in [1.29, 1.82) is 0 Å². The predicted molar refractivity (Wildman–Crippen MR) is 102 cm³/mol. The standard InChI is InChI=1S/C21H19N3O2/c25-14-19(26)20-18-4-2-1-3-17(18)13-24(20)12-9-15-5-7-16(8-6-15)21-22-10-11-23-21/h1-8,13-14H,9-12H2,(H,22,23). The molecule has 1 aliphatic rings. The highest BCUT2D eigenvalue weighted by Crippen LogP contribution is 2.22. The minimum atomic E-state index is -0.480. The number of hydrogen-bond acceptors (Lipinski definition) is 4. The molecule has 1 aromatic heterocycles. The minimum Gasteiger partial charge on any atom is -0.368 e. The van der Waals surface area contributed by atoms with Crippen molar-refractivity contribution in [2.75, 3.05) is 13.1 Å². The SMILES string of the molecule is O=CC(=O)c1c2ccccc2cn1CCc1ccc(C2=NCCN2)cc1. The average Bonchev–Trinajstić information content (AvgIpc) is 3.34. The number of aryl methyl sites for hydroxylation is 2. The number of Topliss-reactive ketones (excluding diaryl/α,β-unsaturated/α-hetero) is 1. The molecule has 0 bridgehead atoms. The van der Waals surface area contributed by atoms with E-state index in [9.17, 15) is 9.59 Å². The number of benzene rings is 2. The summed E-state index contributed by atoms with van der Waals surface area (Å²) in [6.07, 6.45) is 3.11. The zero-order chi connectivity index (χ0) is 17.9. The van der Waals surface area contributed by atoms with Crippen LogP contribution in [-0.2, 0) is 17.8 Å². The first-order valence-electron chi connectivity index (χ1n) is 8.71. The molecule has 0 atom stereocenters. The summed E-state index contributed by atoms with van der Waals surface area (Å²) in [7, 11) is 0. The van der Waals surface area contributed by atoms with Crippen LogP contribution in [0.25, 0.3) is 10.8 Å². The number of nitrogens with zero attached hydrogens (tertiary/aromatic N) is 2. The number of fused-ring (bicyclic) bond motifs is 1. The molecule has 0 saturated heterocycles. The van der Waals surface area contributed by atoms with E-state index >= 15 is 0 Å². The zero-order valence-electron chi connectivity index (χ0n) is 14.3. The smallest absolute Gasteiger partial charge is 0.242 e. The number of rotatable bonds is 6. The predicted octanol–water partition coefficient (Wildman–Crippen LogP) is 2.62. The molecule has 130 valence electrons. The molecule has 0 saturated carbocycles. The Hall–Kier alpha value is -3.21. The van der Waals surface area contributed by atoms with Crippen LogP contribution in [0, 0.1) is 0 Å². The fourth-order valence-electron chi connectivity index (χ4n) is 3.39. The Bertz CT molecular complexity index is 1000. The van der Waals surface area contributed by atoms with Crippen molar-refractivity contribution in [3.05, 3.63) is 71.5 Å². The molecule has 2 aromatic carbocycles. The van der Waals surface area contributed by atoms with E-state index in [0.29, 0.717) is 18.5 Å². The van der Waals surface area contributed by atoms with Crippen molar-refractivity contribution in [3.63, 3.8) is 0 Å². The van der Waals surface area contributed by atoms with E-state index in [-0.39, 0.29) is 0 Å². The van der Waals surface area contributed by atoms with Gasteiger partial charge in [-0.05, 0) is 12.0 Å². The Balaban J connectivity index is 1.56. The van der Waals surface area contributed by atoms with E-state index in [1.807, 2.05) is 35.0 Å². The highest BCUT2D eigenvalue weighted by Gasteiger charge is 2.16. The van der Waals surface area contributed by atoms with Crippen LogP contribution in [0.3, 0.4) is 0 Å². The lowest BCUT2D eigenvalue weighted by Gasteiger charge is -2.08. The van der Waals surface area contributed by atoms with Crippen LogP contribution in [-0.4, -0.2) is 35.6 Å². The van der Waals surface area contributed by atoms with Crippen molar-refractivity contribution < 1.29 is 9.59 Å². The van der Waals surface area contributed by atoms with E-state index in [1.54, 1.807) is 0 Å². The largest absolute Gasteiger partial charge is 0.368 e. The number of nitrogens with one attached hydrogen (secondary N) is 1. The first kappa shape index (κ1) is 16.3. The van der Waals surface area contributed by atoms with Gasteiger partial charge in [0.25, 0.3) is 0 Å². The maximum absolute atomic E-state index is 12.1. The molecule has 4 rings (SSSR count). The average molecular weight is 345 g/mol. The Labute approximate surface area is 151 Å². The Morgan fingerprint density at radius 3 is 2.69 bits per heavy atom. The first-order chi connectivity index (χ1) is 12.8. The molecule has 1 N–H and O–H groups in total. The summed E-state index contributed by atoms with van der Waals surface area (Å²) in [5, 5.41) is 5.06. The maximum atomic E-state index is 12.1. The van der Waals surface area contributed by atoms with Gasteiger partial charge in [0.05, 0.1) is 6.54 Å². The van der Waals surface area contributed by atoms with E-state index in [4.69, 9.17) is 0 Å². The Kier molecular flexibility index (Phi) is 4.35. The quantitative estimate of drug-likeness (QED) is 0.424. The fourth-order valence-corrected chi connectivity index (χ4v) is 3.39. The number of hydrogen-bond donors (Lipinski definition) is 1. The number of aliphatic imine (C=N–C) groups is 1. The van der Waals surface area contributed by atoms with Crippen LogP contribution < -0.4 is 5.32 Å². The van der Waals surface area contributed by atoms with Gasteiger partial charge in [-0.1, -0.05) is 48.5 Å². The van der Waals surface area contributed by atoms with Gasteiger partial charge < -0.3 is 9.88 Å². The van der Waals surface area contributed by atoms with E-state index in [1.165, 1.54) is 5.56 Å². The second kappa shape index (κ2) is 6.96. The normalized spacial score (nSPS) is 13.5. The zero-order valence-corrected chi connectivity index (χ0v) is 14.3. The van der Waals surface area contributed by atoms with Gasteiger partial charge in [0.1, 0.15) is 11.5 Å². The summed E-state index contributed by atoms with van der Waals surface area (Å²) in [5.74, 6) is 0.471. The molecule has 0 radical (unpaired) electrons. The van der Waals surface area contributed by atoms with E-state index in [2.05, 4.69) is 34.6 Å². The van der Waals surface area contributed by atoms with E-state index in [0.717, 1.165) is 41.7 Å². The molecule has 0 fully saturated rings. The second-order valence-corrected chi connectivity index (χ2v) is 6.34. The number of carbonyl (C=O) groups excluding carboxylic acids is 2. The number of carbonyl (C=O) groups is 2. The summed E-state index contributed by atoms with van der Waals surface area (Å²) in [4.78, 5) is 27.6. The Morgan fingerprint density at radius 2 is 1.96 bits per heavy atom. The van der Waals surface area contributed by atoms with Crippen LogP contribution in [0.2, 0.25) is 0 Å². The molecule has 0 amide bonds. The molecule has 5 nitrogen and oxygen atoms in total. The summed E-state index contributed by atoms with van der Waals surface area (Å²) >= 11 is 0. The molecule has 0 unspecified atom stereocenters. The van der Waals surface area contributed by atoms with E-state index < -0.39 is 5.78 Å². The van der Waals surface area contributed by atoms with Gasteiger partial charge in [0.15, 0.2) is 6.29 Å². The minimum absolute atomic E-state index is 0.391. The van der Waals surface area contributed by atoms with Crippen molar-refractivity contribution >= 4 is 28.7 Å². The summed E-state index contributed by atoms with van der Waals surface area (Å²) in [6, 6.07) is 16.0. The van der Waals surface area contributed by atoms with Gasteiger partial charge in [0, 0.05) is 35.6 Å². The lowest BCUT2D eigenvalue weighted by molar-refractivity contribution is -0.104. The third kappa shape index (κ3) is 3.04. The van der Waals surface area contributed by atoms with Gasteiger partial charge in [0.2, 0.25) is 5.78 Å². The molecular formula is C21H19N3O2. The molecule has 5 heteroatoms. The monoisotopic (exact) mass is 345 g/mol. The topological polar surface area (TPSA) is 63.5 Å². The molecule has 3 aromatic rings. The third-order valence-electron chi connectivity index (χ3n) is 4.68. The van der Waals surface area contributed by atoms with Gasteiger partial charge >= 0.3 is 0 Å². The van der Waals surface area contributed by atoms with Crippen molar-refractivity contribution in [2.24, 2.45) is 4.99 Å². The van der Waals surface area contributed by atoms with Crippen LogP contribution in [0.5, 0.6) is 0 Å². The highest BCUT2D eigenvalue weighted by molar-refractivity contribution is 6.35. The third-order valence-corrected chi connectivity index (χ3v) is 4.68. The number of ketones is 1. The molecule has 26 heavy (non-hydrogen) atoms. The van der Waals surface area contributed by atoms with Crippen LogP contribution in [0.15, 0.2) is 59.7 Å². The van der Waals surface area contributed by atoms with Crippen molar-refractivity contribution in [2.45, 2.75) is 13.0 Å². The maximum Gasteiger partial charge on any atom is 0.242 e. The molecule has 1 aliphatic heterocycles. The molecule has 0 spiro atoms. The highest BCUT2D eigenvalue weighted by atomic mass is 16.2. The second-order valence-electron chi connectivity index (χ2n) is 6.34.